The summed E-state index contributed by atoms with van der Waals surface area (Å²) in [7, 11) is 1.68. The fourth-order valence-corrected chi connectivity index (χ4v) is 1.75. The third-order valence-corrected chi connectivity index (χ3v) is 3.06. The molecule has 0 aliphatic rings. The van der Waals surface area contributed by atoms with Crippen molar-refractivity contribution in [3.8, 4) is 0 Å². The van der Waals surface area contributed by atoms with Crippen LogP contribution < -0.4 is 10.6 Å². The van der Waals surface area contributed by atoms with Crippen LogP contribution in [0.3, 0.4) is 0 Å². The third-order valence-electron chi connectivity index (χ3n) is 3.06. The molecule has 106 valence electrons. The molecular formula is C13H22N4O2. The minimum Gasteiger partial charge on any atom is -0.409 e. The summed E-state index contributed by atoms with van der Waals surface area (Å²) in [5.41, 5.74) is 6.03. The molecule has 1 aromatic heterocycles. The minimum absolute atomic E-state index is 0.0118. The molecule has 0 aliphatic heterocycles. The van der Waals surface area contributed by atoms with Gasteiger partial charge in [-0.25, -0.2) is 4.98 Å². The summed E-state index contributed by atoms with van der Waals surface area (Å²) >= 11 is 0. The van der Waals surface area contributed by atoms with Gasteiger partial charge < -0.3 is 20.6 Å². The van der Waals surface area contributed by atoms with Gasteiger partial charge in [0.1, 0.15) is 11.5 Å². The van der Waals surface area contributed by atoms with Gasteiger partial charge in [-0.15, -0.1) is 0 Å². The van der Waals surface area contributed by atoms with Crippen LogP contribution in [0.5, 0.6) is 0 Å². The summed E-state index contributed by atoms with van der Waals surface area (Å²) < 4.78 is 5.13. The Morgan fingerprint density at radius 1 is 1.58 bits per heavy atom. The predicted molar refractivity (Wildman–Crippen MR) is 75.7 cm³/mol. The van der Waals surface area contributed by atoms with Crippen LogP contribution in [0.2, 0.25) is 0 Å². The molecule has 3 N–H and O–H groups in total. The molecule has 6 nitrogen and oxygen atoms in total. The average Bonchev–Trinajstić information content (AvgIpc) is 2.46. The van der Waals surface area contributed by atoms with Gasteiger partial charge in [0.25, 0.3) is 0 Å². The lowest BCUT2D eigenvalue weighted by molar-refractivity contribution is 0.203. The van der Waals surface area contributed by atoms with Gasteiger partial charge in [-0.2, -0.15) is 0 Å². The van der Waals surface area contributed by atoms with E-state index in [4.69, 9.17) is 15.7 Å². The summed E-state index contributed by atoms with van der Waals surface area (Å²) in [6.45, 7) is 5.63. The first-order valence-corrected chi connectivity index (χ1v) is 6.34. The summed E-state index contributed by atoms with van der Waals surface area (Å²) in [5, 5.41) is 11.7. The van der Waals surface area contributed by atoms with Crippen molar-refractivity contribution in [2.75, 3.05) is 25.2 Å². The number of rotatable bonds is 7. The maximum absolute atomic E-state index is 8.70. The van der Waals surface area contributed by atoms with Crippen LogP contribution in [0.4, 0.5) is 5.82 Å². The maximum atomic E-state index is 8.70. The summed E-state index contributed by atoms with van der Waals surface area (Å²) in [5.74, 6) is 0.813. The lowest BCUT2D eigenvalue weighted by Gasteiger charge is -2.29. The van der Waals surface area contributed by atoms with Gasteiger partial charge in [-0.3, -0.25) is 0 Å². The first-order valence-electron chi connectivity index (χ1n) is 6.34. The van der Waals surface area contributed by atoms with E-state index in [0.29, 0.717) is 18.3 Å². The largest absolute Gasteiger partial charge is 0.409 e. The monoisotopic (exact) mass is 266 g/mol. The van der Waals surface area contributed by atoms with Crippen molar-refractivity contribution in [1.82, 2.24) is 4.98 Å². The second kappa shape index (κ2) is 7.58. The van der Waals surface area contributed by atoms with Crippen molar-refractivity contribution in [3.63, 3.8) is 0 Å². The first kappa shape index (κ1) is 15.2. The number of hydrogen-bond acceptors (Lipinski definition) is 5. The molecule has 0 spiro atoms. The molecular weight excluding hydrogens is 244 g/mol. The number of pyridine rings is 1. The Balaban J connectivity index is 3.01. The van der Waals surface area contributed by atoms with E-state index in [-0.39, 0.29) is 5.84 Å². The molecule has 1 aromatic rings. The number of nitrogens with zero attached hydrogens (tertiary/aromatic N) is 3. The normalized spacial score (nSPS) is 13.3. The highest BCUT2D eigenvalue weighted by molar-refractivity contribution is 5.95. The minimum atomic E-state index is 0.0118. The summed E-state index contributed by atoms with van der Waals surface area (Å²) in [6, 6.07) is 5.81. The Morgan fingerprint density at radius 2 is 2.32 bits per heavy atom. The molecule has 1 unspecified atom stereocenters. The standard InChI is InChI=1S/C13H22N4O2/c1-4-10(2)17(8-9-19-3)12-7-5-6-11(15-12)13(14)16-18/h5-7,10,18H,4,8-9H2,1-3H3,(H2,14,16). The van der Waals surface area contributed by atoms with Crippen LogP contribution in [-0.2, 0) is 4.74 Å². The highest BCUT2D eigenvalue weighted by Gasteiger charge is 2.15. The van der Waals surface area contributed by atoms with Gasteiger partial charge in [0.05, 0.1) is 6.61 Å². The molecule has 1 atom stereocenters. The number of hydrogen-bond donors (Lipinski definition) is 2. The molecule has 0 fully saturated rings. The molecule has 1 rings (SSSR count). The van der Waals surface area contributed by atoms with Crippen molar-refractivity contribution in [1.29, 1.82) is 0 Å². The van der Waals surface area contributed by atoms with Gasteiger partial charge >= 0.3 is 0 Å². The molecule has 0 saturated heterocycles. The zero-order valence-electron chi connectivity index (χ0n) is 11.7. The number of amidine groups is 1. The van der Waals surface area contributed by atoms with E-state index in [0.717, 1.165) is 18.8 Å². The molecule has 19 heavy (non-hydrogen) atoms. The van der Waals surface area contributed by atoms with Gasteiger partial charge in [0, 0.05) is 19.7 Å². The van der Waals surface area contributed by atoms with E-state index in [9.17, 15) is 0 Å². The SMILES string of the molecule is CCC(C)N(CCOC)c1cccc(C(N)=NO)n1. The fraction of sp³-hybridized carbons (Fsp3) is 0.538. The Hall–Kier alpha value is -1.82. The molecule has 0 radical (unpaired) electrons. The number of oxime groups is 1. The summed E-state index contributed by atoms with van der Waals surface area (Å²) in [4.78, 5) is 6.57. The van der Waals surface area contributed by atoms with Gasteiger partial charge in [-0.1, -0.05) is 18.1 Å². The molecule has 1 heterocycles. The van der Waals surface area contributed by atoms with Crippen LogP contribution in [0, 0.1) is 0 Å². The average molecular weight is 266 g/mol. The highest BCUT2D eigenvalue weighted by atomic mass is 16.5. The van der Waals surface area contributed by atoms with Crippen LogP contribution in [0.1, 0.15) is 26.0 Å². The summed E-state index contributed by atoms with van der Waals surface area (Å²) in [6.07, 6.45) is 0.999. The number of methoxy groups -OCH3 is 1. The molecule has 6 heteroatoms. The van der Waals surface area contributed by atoms with E-state index in [1.807, 2.05) is 12.1 Å². The first-order chi connectivity index (χ1) is 9.13. The Morgan fingerprint density at radius 3 is 2.89 bits per heavy atom. The lowest BCUT2D eigenvalue weighted by atomic mass is 10.2. The van der Waals surface area contributed by atoms with Crippen molar-refractivity contribution < 1.29 is 9.94 Å². The predicted octanol–water partition coefficient (Wildman–Crippen LogP) is 1.43. The second-order valence-corrected chi connectivity index (χ2v) is 4.31. The molecule has 0 aromatic carbocycles. The maximum Gasteiger partial charge on any atom is 0.188 e. The number of aromatic nitrogens is 1. The van der Waals surface area contributed by atoms with Gasteiger partial charge in [-0.05, 0) is 25.5 Å². The van der Waals surface area contributed by atoms with Gasteiger partial charge in [0.15, 0.2) is 5.84 Å². The van der Waals surface area contributed by atoms with E-state index in [2.05, 4.69) is 28.9 Å². The molecule has 0 saturated carbocycles. The van der Waals surface area contributed by atoms with E-state index < -0.39 is 0 Å². The van der Waals surface area contributed by atoms with Crippen molar-refractivity contribution in [2.45, 2.75) is 26.3 Å². The third kappa shape index (κ3) is 4.10. The van der Waals surface area contributed by atoms with Crippen molar-refractivity contribution in [2.24, 2.45) is 10.9 Å². The van der Waals surface area contributed by atoms with Crippen LogP contribution >= 0.6 is 0 Å². The van der Waals surface area contributed by atoms with E-state index >= 15 is 0 Å². The van der Waals surface area contributed by atoms with Crippen molar-refractivity contribution >= 4 is 11.7 Å². The Kier molecular flexibility index (Phi) is 6.08. The van der Waals surface area contributed by atoms with Crippen LogP contribution in [-0.4, -0.2) is 42.3 Å². The molecule has 0 bridgehead atoms. The fourth-order valence-electron chi connectivity index (χ4n) is 1.75. The quantitative estimate of drug-likeness (QED) is 0.337. The number of ether oxygens (including phenoxy) is 1. The highest BCUT2D eigenvalue weighted by Crippen LogP contribution is 2.16. The van der Waals surface area contributed by atoms with Crippen molar-refractivity contribution in [3.05, 3.63) is 23.9 Å². The molecule has 0 aliphatic carbocycles. The Labute approximate surface area is 113 Å². The van der Waals surface area contributed by atoms with Crippen LogP contribution in [0.15, 0.2) is 23.4 Å². The zero-order valence-corrected chi connectivity index (χ0v) is 11.7. The van der Waals surface area contributed by atoms with E-state index in [1.54, 1.807) is 13.2 Å². The van der Waals surface area contributed by atoms with Gasteiger partial charge in [0.2, 0.25) is 0 Å². The topological polar surface area (TPSA) is 84.0 Å². The molecule has 0 amide bonds. The Bertz CT molecular complexity index is 423. The second-order valence-electron chi connectivity index (χ2n) is 4.31. The van der Waals surface area contributed by atoms with E-state index in [1.165, 1.54) is 0 Å². The number of nitrogens with two attached hydrogens (primary N) is 1. The lowest BCUT2D eigenvalue weighted by Crippen LogP contribution is -2.36. The van der Waals surface area contributed by atoms with Crippen LogP contribution in [0.25, 0.3) is 0 Å². The zero-order chi connectivity index (χ0) is 14.3. The number of anilines is 1. The smallest absolute Gasteiger partial charge is 0.188 e.